The number of hydrogen-bond donors (Lipinski definition) is 0. The first kappa shape index (κ1) is 12.0. The Labute approximate surface area is 103 Å². The van der Waals surface area contributed by atoms with Crippen LogP contribution >= 0.6 is 11.6 Å². The average molecular weight is 241 g/mol. The van der Waals surface area contributed by atoms with E-state index >= 15 is 0 Å². The SMILES string of the molecule is CC(C)n1ccc(CC2(C)CCC(Cl)C2)n1. The lowest BCUT2D eigenvalue weighted by Crippen LogP contribution is -2.16. The van der Waals surface area contributed by atoms with Gasteiger partial charge in [0.2, 0.25) is 0 Å². The summed E-state index contributed by atoms with van der Waals surface area (Å²) in [6.45, 7) is 6.65. The second-order valence-corrected chi connectivity index (χ2v) is 6.33. The molecule has 16 heavy (non-hydrogen) atoms. The molecule has 1 aliphatic carbocycles. The fourth-order valence-corrected chi connectivity index (χ4v) is 3.08. The minimum absolute atomic E-state index is 0.364. The molecule has 1 aliphatic rings. The highest BCUT2D eigenvalue weighted by Crippen LogP contribution is 2.42. The summed E-state index contributed by atoms with van der Waals surface area (Å²) in [6, 6.07) is 2.60. The van der Waals surface area contributed by atoms with Gasteiger partial charge in [-0.25, -0.2) is 0 Å². The van der Waals surface area contributed by atoms with Gasteiger partial charge in [0.15, 0.2) is 0 Å². The quantitative estimate of drug-likeness (QED) is 0.735. The first-order valence-electron chi connectivity index (χ1n) is 6.17. The lowest BCUT2D eigenvalue weighted by Gasteiger charge is -2.22. The maximum absolute atomic E-state index is 6.19. The molecular weight excluding hydrogens is 220 g/mol. The van der Waals surface area contributed by atoms with Crippen molar-refractivity contribution in [1.82, 2.24) is 9.78 Å². The lowest BCUT2D eigenvalue weighted by molar-refractivity contribution is 0.329. The van der Waals surface area contributed by atoms with Crippen molar-refractivity contribution < 1.29 is 0 Å². The fourth-order valence-electron chi connectivity index (χ4n) is 2.60. The maximum Gasteiger partial charge on any atom is 0.0630 e. The molecule has 1 heterocycles. The molecule has 0 saturated heterocycles. The molecule has 1 fully saturated rings. The van der Waals surface area contributed by atoms with Crippen LogP contribution < -0.4 is 0 Å². The second-order valence-electron chi connectivity index (χ2n) is 5.71. The normalized spacial score (nSPS) is 30.2. The minimum Gasteiger partial charge on any atom is -0.270 e. The number of alkyl halides is 1. The molecule has 2 unspecified atom stereocenters. The topological polar surface area (TPSA) is 17.8 Å². The van der Waals surface area contributed by atoms with Crippen molar-refractivity contribution in [2.75, 3.05) is 0 Å². The van der Waals surface area contributed by atoms with Crippen molar-refractivity contribution >= 4 is 11.6 Å². The highest BCUT2D eigenvalue weighted by molar-refractivity contribution is 6.20. The van der Waals surface area contributed by atoms with Crippen LogP contribution in [0.25, 0.3) is 0 Å². The Morgan fingerprint density at radius 3 is 2.88 bits per heavy atom. The van der Waals surface area contributed by atoms with Gasteiger partial charge < -0.3 is 0 Å². The molecule has 0 amide bonds. The van der Waals surface area contributed by atoms with Gasteiger partial charge in [-0.3, -0.25) is 4.68 Å². The van der Waals surface area contributed by atoms with Crippen LogP contribution in [0, 0.1) is 5.41 Å². The molecule has 1 aromatic heterocycles. The molecule has 0 aliphatic heterocycles. The van der Waals surface area contributed by atoms with E-state index in [1.165, 1.54) is 12.1 Å². The fraction of sp³-hybridized carbons (Fsp3) is 0.769. The molecule has 1 saturated carbocycles. The predicted octanol–water partition coefficient (Wildman–Crippen LogP) is 3.80. The average Bonchev–Trinajstić information content (AvgIpc) is 2.74. The van der Waals surface area contributed by atoms with E-state index in [0.717, 1.165) is 19.3 Å². The third-order valence-corrected chi connectivity index (χ3v) is 3.95. The monoisotopic (exact) mass is 240 g/mol. The zero-order chi connectivity index (χ0) is 11.8. The van der Waals surface area contributed by atoms with Crippen LogP contribution in [0.2, 0.25) is 0 Å². The van der Waals surface area contributed by atoms with Crippen molar-refractivity contribution in [3.05, 3.63) is 18.0 Å². The summed E-state index contributed by atoms with van der Waals surface area (Å²) in [7, 11) is 0. The zero-order valence-corrected chi connectivity index (χ0v) is 11.2. The highest BCUT2D eigenvalue weighted by atomic mass is 35.5. The van der Waals surface area contributed by atoms with Gasteiger partial charge in [-0.1, -0.05) is 6.92 Å². The van der Waals surface area contributed by atoms with E-state index in [1.54, 1.807) is 0 Å². The molecule has 1 aromatic rings. The standard InChI is InChI=1S/C13H21ClN2/c1-10(2)16-7-5-12(15-16)9-13(3)6-4-11(14)8-13/h5,7,10-11H,4,6,8-9H2,1-3H3. The van der Waals surface area contributed by atoms with Crippen LogP contribution in [0.5, 0.6) is 0 Å². The Bertz CT molecular complexity index is 359. The van der Waals surface area contributed by atoms with E-state index in [1.807, 2.05) is 4.68 Å². The number of hydrogen-bond acceptors (Lipinski definition) is 1. The summed E-state index contributed by atoms with van der Waals surface area (Å²) in [6.07, 6.45) is 6.66. The molecule has 0 bridgehead atoms. The van der Waals surface area contributed by atoms with E-state index in [4.69, 9.17) is 11.6 Å². The third kappa shape index (κ3) is 2.60. The third-order valence-electron chi connectivity index (χ3n) is 3.58. The van der Waals surface area contributed by atoms with E-state index in [0.29, 0.717) is 16.8 Å². The van der Waals surface area contributed by atoms with E-state index in [2.05, 4.69) is 38.1 Å². The van der Waals surface area contributed by atoms with Crippen LogP contribution in [0.3, 0.4) is 0 Å². The number of halogens is 1. The van der Waals surface area contributed by atoms with Gasteiger partial charge in [0.1, 0.15) is 0 Å². The molecule has 2 atom stereocenters. The summed E-state index contributed by atoms with van der Waals surface area (Å²) < 4.78 is 2.03. The van der Waals surface area contributed by atoms with Crippen LogP contribution in [-0.4, -0.2) is 15.2 Å². The summed E-state index contributed by atoms with van der Waals surface area (Å²) in [4.78, 5) is 0. The first-order chi connectivity index (χ1) is 7.48. The molecule has 2 nitrogen and oxygen atoms in total. The van der Waals surface area contributed by atoms with Crippen LogP contribution in [0.1, 0.15) is 51.8 Å². The summed E-state index contributed by atoms with van der Waals surface area (Å²) in [5, 5.41) is 4.99. The largest absolute Gasteiger partial charge is 0.270 e. The summed E-state index contributed by atoms with van der Waals surface area (Å²) in [5.74, 6) is 0. The Morgan fingerprint density at radius 1 is 1.62 bits per heavy atom. The molecule has 0 N–H and O–H groups in total. The Kier molecular flexibility index (Phi) is 3.29. The van der Waals surface area contributed by atoms with Gasteiger partial charge in [-0.2, -0.15) is 5.10 Å². The lowest BCUT2D eigenvalue weighted by atomic mass is 9.84. The van der Waals surface area contributed by atoms with Crippen molar-refractivity contribution in [3.8, 4) is 0 Å². The molecular formula is C13H21ClN2. The zero-order valence-electron chi connectivity index (χ0n) is 10.4. The van der Waals surface area contributed by atoms with E-state index in [9.17, 15) is 0 Å². The van der Waals surface area contributed by atoms with Crippen molar-refractivity contribution in [1.29, 1.82) is 0 Å². The van der Waals surface area contributed by atoms with Crippen LogP contribution in [0.15, 0.2) is 12.3 Å². The van der Waals surface area contributed by atoms with Gasteiger partial charge in [0.05, 0.1) is 5.69 Å². The highest BCUT2D eigenvalue weighted by Gasteiger charge is 2.34. The number of aromatic nitrogens is 2. The van der Waals surface area contributed by atoms with Crippen molar-refractivity contribution in [2.45, 2.75) is 57.9 Å². The van der Waals surface area contributed by atoms with Gasteiger partial charge in [-0.15, -0.1) is 11.6 Å². The van der Waals surface area contributed by atoms with Crippen molar-refractivity contribution in [3.63, 3.8) is 0 Å². The molecule has 90 valence electrons. The van der Waals surface area contributed by atoms with Crippen LogP contribution in [-0.2, 0) is 6.42 Å². The number of rotatable bonds is 3. The van der Waals surface area contributed by atoms with E-state index in [-0.39, 0.29) is 0 Å². The molecule has 2 rings (SSSR count). The minimum atomic E-state index is 0.364. The maximum atomic E-state index is 6.19. The first-order valence-corrected chi connectivity index (χ1v) is 6.60. The van der Waals surface area contributed by atoms with Crippen molar-refractivity contribution in [2.24, 2.45) is 5.41 Å². The van der Waals surface area contributed by atoms with Gasteiger partial charge >= 0.3 is 0 Å². The van der Waals surface area contributed by atoms with Crippen LogP contribution in [0.4, 0.5) is 0 Å². The summed E-state index contributed by atoms with van der Waals surface area (Å²) >= 11 is 6.19. The van der Waals surface area contributed by atoms with Gasteiger partial charge in [-0.05, 0) is 51.0 Å². The van der Waals surface area contributed by atoms with Gasteiger partial charge in [0.25, 0.3) is 0 Å². The predicted molar refractivity (Wildman–Crippen MR) is 67.9 cm³/mol. The molecule has 0 radical (unpaired) electrons. The Hall–Kier alpha value is -0.500. The smallest absolute Gasteiger partial charge is 0.0630 e. The van der Waals surface area contributed by atoms with E-state index < -0.39 is 0 Å². The Balaban J connectivity index is 2.03. The number of nitrogens with zero attached hydrogens (tertiary/aromatic N) is 2. The summed E-state index contributed by atoms with van der Waals surface area (Å²) in [5.41, 5.74) is 1.57. The molecule has 0 spiro atoms. The molecule has 3 heteroatoms. The molecule has 0 aromatic carbocycles. The van der Waals surface area contributed by atoms with Gasteiger partial charge in [0, 0.05) is 17.6 Å². The Morgan fingerprint density at radius 2 is 2.38 bits per heavy atom. The second kappa shape index (κ2) is 4.40.